The van der Waals surface area contributed by atoms with Crippen LogP contribution in [-0.2, 0) is 16.6 Å². The van der Waals surface area contributed by atoms with Crippen molar-refractivity contribution in [2.24, 2.45) is 5.73 Å². The molecular formula is C8H10BrF3N2O3S. The van der Waals surface area contributed by atoms with Gasteiger partial charge in [-0.25, -0.2) is 13.1 Å². The first-order valence-corrected chi connectivity index (χ1v) is 6.98. The van der Waals surface area contributed by atoms with E-state index in [1.807, 2.05) is 4.72 Å². The number of hydrogen-bond acceptors (Lipinski definition) is 4. The highest BCUT2D eigenvalue weighted by Crippen LogP contribution is 2.26. The first kappa shape index (κ1) is 15.5. The molecule has 0 saturated heterocycles. The summed E-state index contributed by atoms with van der Waals surface area (Å²) in [5.41, 5.74) is 5.25. The molecule has 0 fully saturated rings. The second kappa shape index (κ2) is 5.59. The quantitative estimate of drug-likeness (QED) is 0.846. The SMILES string of the molecule is NCc1cc(S(=O)(=O)NCCC(F)(F)F)c(Br)o1. The van der Waals surface area contributed by atoms with Crippen LogP contribution in [0.1, 0.15) is 12.2 Å². The van der Waals surface area contributed by atoms with Gasteiger partial charge in [-0.1, -0.05) is 0 Å². The molecule has 1 aromatic heterocycles. The lowest BCUT2D eigenvalue weighted by atomic mass is 10.4. The Hall–Kier alpha value is -0.580. The first-order valence-electron chi connectivity index (χ1n) is 4.70. The number of halogens is 4. The Labute approximate surface area is 110 Å². The fourth-order valence-electron chi connectivity index (χ4n) is 1.09. The summed E-state index contributed by atoms with van der Waals surface area (Å²) in [6, 6.07) is 1.15. The highest BCUT2D eigenvalue weighted by Gasteiger charge is 2.28. The van der Waals surface area contributed by atoms with Crippen molar-refractivity contribution in [3.05, 3.63) is 16.5 Å². The van der Waals surface area contributed by atoms with Gasteiger partial charge in [0.2, 0.25) is 10.0 Å². The fraction of sp³-hybridized carbons (Fsp3) is 0.500. The van der Waals surface area contributed by atoms with E-state index in [4.69, 9.17) is 10.2 Å². The minimum Gasteiger partial charge on any atom is -0.452 e. The normalized spacial score (nSPS) is 12.9. The summed E-state index contributed by atoms with van der Waals surface area (Å²) in [5.74, 6) is 0.207. The average molecular weight is 351 g/mol. The van der Waals surface area contributed by atoms with Gasteiger partial charge in [0.15, 0.2) is 4.67 Å². The van der Waals surface area contributed by atoms with E-state index in [1.165, 1.54) is 0 Å². The van der Waals surface area contributed by atoms with Crippen molar-refractivity contribution >= 4 is 26.0 Å². The molecule has 104 valence electrons. The Balaban J connectivity index is 2.77. The summed E-state index contributed by atoms with van der Waals surface area (Å²) in [5, 5.41) is 0. The standard InChI is InChI=1S/C8H10BrF3N2O3S/c9-7-6(3-5(4-13)17-7)18(15,16)14-2-1-8(10,11)12/h3,14H,1-2,4,13H2. The van der Waals surface area contributed by atoms with Crippen LogP contribution in [0.3, 0.4) is 0 Å². The molecule has 3 N–H and O–H groups in total. The molecule has 0 aliphatic heterocycles. The molecule has 0 amide bonds. The topological polar surface area (TPSA) is 85.3 Å². The van der Waals surface area contributed by atoms with Gasteiger partial charge in [-0.05, 0) is 15.9 Å². The number of alkyl halides is 3. The number of nitrogens with one attached hydrogen (secondary N) is 1. The summed E-state index contributed by atoms with van der Waals surface area (Å²) in [6.45, 7) is -0.752. The van der Waals surface area contributed by atoms with Crippen molar-refractivity contribution in [1.29, 1.82) is 0 Å². The number of nitrogens with two attached hydrogens (primary N) is 1. The Bertz CT molecular complexity index is 512. The van der Waals surface area contributed by atoms with Gasteiger partial charge in [0.25, 0.3) is 0 Å². The maximum absolute atomic E-state index is 11.9. The minimum absolute atomic E-state index is 0.0172. The molecule has 1 heterocycles. The van der Waals surface area contributed by atoms with Gasteiger partial charge in [0.1, 0.15) is 10.7 Å². The third-order valence-corrected chi connectivity index (χ3v) is 4.22. The molecule has 0 atom stereocenters. The highest BCUT2D eigenvalue weighted by atomic mass is 79.9. The molecular weight excluding hydrogens is 341 g/mol. The van der Waals surface area contributed by atoms with Crippen LogP contribution in [-0.4, -0.2) is 21.1 Å². The molecule has 1 rings (SSSR count). The third-order valence-electron chi connectivity index (χ3n) is 1.90. The maximum atomic E-state index is 11.9. The molecule has 0 spiro atoms. The van der Waals surface area contributed by atoms with Gasteiger partial charge in [-0.15, -0.1) is 0 Å². The third kappa shape index (κ3) is 4.26. The van der Waals surface area contributed by atoms with E-state index in [0.29, 0.717) is 0 Å². The first-order chi connectivity index (χ1) is 8.15. The zero-order valence-corrected chi connectivity index (χ0v) is 11.3. The molecule has 10 heteroatoms. The van der Waals surface area contributed by atoms with Crippen molar-refractivity contribution in [3.8, 4) is 0 Å². The van der Waals surface area contributed by atoms with E-state index >= 15 is 0 Å². The van der Waals surface area contributed by atoms with E-state index in [2.05, 4.69) is 15.9 Å². The lowest BCUT2D eigenvalue weighted by molar-refractivity contribution is -0.132. The number of hydrogen-bond donors (Lipinski definition) is 2. The molecule has 1 aromatic rings. The summed E-state index contributed by atoms with van der Waals surface area (Å²) >= 11 is 2.86. The predicted molar refractivity (Wildman–Crippen MR) is 60.2 cm³/mol. The van der Waals surface area contributed by atoms with Crippen molar-refractivity contribution < 1.29 is 26.0 Å². The Kier molecular flexibility index (Phi) is 4.81. The summed E-state index contributed by atoms with van der Waals surface area (Å²) in [6.07, 6.45) is -5.66. The van der Waals surface area contributed by atoms with Gasteiger partial charge in [0.05, 0.1) is 13.0 Å². The van der Waals surface area contributed by atoms with Crippen molar-refractivity contribution in [2.45, 2.75) is 24.0 Å². The van der Waals surface area contributed by atoms with Crippen LogP contribution in [0.25, 0.3) is 0 Å². The fourth-order valence-corrected chi connectivity index (χ4v) is 3.11. The van der Waals surface area contributed by atoms with Crippen LogP contribution >= 0.6 is 15.9 Å². The second-order valence-electron chi connectivity index (χ2n) is 3.32. The van der Waals surface area contributed by atoms with Crippen LogP contribution in [0.2, 0.25) is 0 Å². The van der Waals surface area contributed by atoms with E-state index < -0.39 is 29.2 Å². The van der Waals surface area contributed by atoms with Gasteiger partial charge in [-0.3, -0.25) is 0 Å². The van der Waals surface area contributed by atoms with Crippen LogP contribution in [0, 0.1) is 0 Å². The molecule has 0 aliphatic rings. The molecule has 0 aromatic carbocycles. The van der Waals surface area contributed by atoms with Crippen LogP contribution < -0.4 is 10.5 Å². The van der Waals surface area contributed by atoms with Crippen molar-refractivity contribution in [3.63, 3.8) is 0 Å². The predicted octanol–water partition coefficient (Wildman–Crippen LogP) is 1.73. The molecule has 0 aliphatic carbocycles. The van der Waals surface area contributed by atoms with E-state index in [-0.39, 0.29) is 21.9 Å². The summed E-state index contributed by atoms with van der Waals surface area (Å²) in [4.78, 5) is -0.273. The van der Waals surface area contributed by atoms with Crippen LogP contribution in [0.15, 0.2) is 20.0 Å². The second-order valence-corrected chi connectivity index (χ2v) is 5.77. The zero-order chi connectivity index (χ0) is 14.0. The van der Waals surface area contributed by atoms with Crippen LogP contribution in [0.5, 0.6) is 0 Å². The zero-order valence-electron chi connectivity index (χ0n) is 8.92. The minimum atomic E-state index is -4.42. The lowest BCUT2D eigenvalue weighted by Crippen LogP contribution is -2.28. The largest absolute Gasteiger partial charge is 0.452 e. The van der Waals surface area contributed by atoms with E-state index in [9.17, 15) is 21.6 Å². The Morgan fingerprint density at radius 2 is 2.06 bits per heavy atom. The number of sulfonamides is 1. The summed E-state index contributed by atoms with van der Waals surface area (Å²) < 4.78 is 65.7. The number of furan rings is 1. The summed E-state index contributed by atoms with van der Waals surface area (Å²) in [7, 11) is -4.05. The van der Waals surface area contributed by atoms with Gasteiger partial charge in [0, 0.05) is 12.6 Å². The lowest BCUT2D eigenvalue weighted by Gasteiger charge is -2.07. The van der Waals surface area contributed by atoms with Crippen molar-refractivity contribution in [2.75, 3.05) is 6.54 Å². The molecule has 0 unspecified atom stereocenters. The van der Waals surface area contributed by atoms with Gasteiger partial charge in [-0.2, -0.15) is 13.2 Å². The Morgan fingerprint density at radius 1 is 1.44 bits per heavy atom. The average Bonchev–Trinajstić information content (AvgIpc) is 2.58. The highest BCUT2D eigenvalue weighted by molar-refractivity contribution is 9.10. The van der Waals surface area contributed by atoms with E-state index in [1.54, 1.807) is 0 Å². The van der Waals surface area contributed by atoms with Crippen LogP contribution in [0.4, 0.5) is 13.2 Å². The maximum Gasteiger partial charge on any atom is 0.390 e. The smallest absolute Gasteiger partial charge is 0.390 e. The van der Waals surface area contributed by atoms with Gasteiger partial charge < -0.3 is 10.2 Å². The molecule has 0 radical (unpaired) electrons. The molecule has 0 bridgehead atoms. The molecule has 0 saturated carbocycles. The van der Waals surface area contributed by atoms with Crippen molar-refractivity contribution in [1.82, 2.24) is 4.72 Å². The Morgan fingerprint density at radius 3 is 2.50 bits per heavy atom. The monoisotopic (exact) mass is 350 g/mol. The van der Waals surface area contributed by atoms with E-state index in [0.717, 1.165) is 6.07 Å². The molecule has 5 nitrogen and oxygen atoms in total. The molecule has 18 heavy (non-hydrogen) atoms. The van der Waals surface area contributed by atoms with Gasteiger partial charge >= 0.3 is 6.18 Å². The number of rotatable bonds is 5.